The van der Waals surface area contributed by atoms with Gasteiger partial charge >= 0.3 is 0 Å². The van der Waals surface area contributed by atoms with Crippen molar-refractivity contribution in [3.8, 4) is 0 Å². The Kier molecular flexibility index (Phi) is 5.13. The Hall–Kier alpha value is -0.720. The number of anilines is 2. The lowest BCUT2D eigenvalue weighted by atomic mass is 10.2. The van der Waals surface area contributed by atoms with E-state index in [9.17, 15) is 4.79 Å². The highest BCUT2D eigenvalue weighted by Crippen LogP contribution is 2.45. The number of carbonyl (C=O) groups is 1. The number of ether oxygens (including phenoxy) is 1. The van der Waals surface area contributed by atoms with Gasteiger partial charge < -0.3 is 15.8 Å². The number of carbonyl (C=O) groups excluding carboxylic acids is 1. The number of Topliss-reactive ketones (excluding diaryl/α,β-unsaturated/α-hetero) is 1. The number of nitrogens with one attached hydrogen (secondary N) is 1. The summed E-state index contributed by atoms with van der Waals surface area (Å²) in [6, 6.07) is 0. The standard InChI is InChI=1S/C13H20N2O2S2/c1-17-7-3-6-15-13-12(18-2)9(14)11(19-13)10(16)8-4-5-8/h8,15H,3-7,14H2,1-2H3. The first-order chi connectivity index (χ1) is 9.19. The van der Waals surface area contributed by atoms with E-state index in [4.69, 9.17) is 10.5 Å². The van der Waals surface area contributed by atoms with Crippen LogP contribution < -0.4 is 11.1 Å². The summed E-state index contributed by atoms with van der Waals surface area (Å²) in [7, 11) is 1.70. The molecule has 1 saturated carbocycles. The second-order valence-electron chi connectivity index (χ2n) is 4.62. The maximum absolute atomic E-state index is 12.2. The molecule has 1 heterocycles. The molecule has 6 heteroatoms. The molecule has 4 nitrogen and oxygen atoms in total. The van der Waals surface area contributed by atoms with Crippen molar-refractivity contribution in [1.82, 2.24) is 0 Å². The highest BCUT2D eigenvalue weighted by molar-refractivity contribution is 7.99. The molecule has 3 N–H and O–H groups in total. The Morgan fingerprint density at radius 1 is 1.58 bits per heavy atom. The van der Waals surface area contributed by atoms with E-state index >= 15 is 0 Å². The topological polar surface area (TPSA) is 64.3 Å². The number of hydrogen-bond donors (Lipinski definition) is 2. The molecule has 0 aliphatic heterocycles. The summed E-state index contributed by atoms with van der Waals surface area (Å²) in [5.74, 6) is 0.444. The molecule has 0 aromatic carbocycles. The Balaban J connectivity index is 2.08. The zero-order valence-electron chi connectivity index (χ0n) is 11.3. The van der Waals surface area contributed by atoms with Gasteiger partial charge in [0, 0.05) is 26.2 Å². The van der Waals surface area contributed by atoms with E-state index < -0.39 is 0 Å². The van der Waals surface area contributed by atoms with E-state index in [1.807, 2.05) is 6.26 Å². The summed E-state index contributed by atoms with van der Waals surface area (Å²) in [4.78, 5) is 13.9. The minimum atomic E-state index is 0.219. The average Bonchev–Trinajstić information content (AvgIpc) is 3.19. The fraction of sp³-hybridized carbons (Fsp3) is 0.615. The van der Waals surface area contributed by atoms with Crippen molar-refractivity contribution in [2.45, 2.75) is 24.2 Å². The number of rotatable bonds is 8. The van der Waals surface area contributed by atoms with E-state index in [-0.39, 0.29) is 11.7 Å². The van der Waals surface area contributed by atoms with Crippen molar-refractivity contribution < 1.29 is 9.53 Å². The van der Waals surface area contributed by atoms with Crippen LogP contribution in [0.3, 0.4) is 0 Å². The van der Waals surface area contributed by atoms with E-state index in [0.29, 0.717) is 5.69 Å². The molecule has 1 aromatic heterocycles. The number of methoxy groups -OCH3 is 1. The highest BCUT2D eigenvalue weighted by atomic mass is 32.2. The monoisotopic (exact) mass is 300 g/mol. The number of nitrogen functional groups attached to an aromatic ring is 1. The van der Waals surface area contributed by atoms with Crippen LogP contribution in [-0.2, 0) is 4.74 Å². The summed E-state index contributed by atoms with van der Waals surface area (Å²) in [5.41, 5.74) is 6.77. The molecular weight excluding hydrogens is 280 g/mol. The number of ketones is 1. The first kappa shape index (κ1) is 14.7. The Morgan fingerprint density at radius 3 is 2.89 bits per heavy atom. The zero-order chi connectivity index (χ0) is 13.8. The zero-order valence-corrected chi connectivity index (χ0v) is 13.0. The highest BCUT2D eigenvalue weighted by Gasteiger charge is 2.33. The molecule has 0 unspecified atom stereocenters. The lowest BCUT2D eigenvalue weighted by Crippen LogP contribution is -2.04. The molecule has 106 valence electrons. The smallest absolute Gasteiger partial charge is 0.178 e. The quantitative estimate of drug-likeness (QED) is 0.439. The van der Waals surface area contributed by atoms with Gasteiger partial charge in [-0.3, -0.25) is 4.79 Å². The van der Waals surface area contributed by atoms with Gasteiger partial charge in [-0.1, -0.05) is 0 Å². The van der Waals surface area contributed by atoms with Crippen LogP contribution in [0.2, 0.25) is 0 Å². The Morgan fingerprint density at radius 2 is 2.32 bits per heavy atom. The molecule has 0 atom stereocenters. The van der Waals surface area contributed by atoms with Gasteiger partial charge in [-0.15, -0.1) is 23.1 Å². The van der Waals surface area contributed by atoms with Crippen LogP contribution >= 0.6 is 23.1 Å². The fourth-order valence-electron chi connectivity index (χ4n) is 1.88. The van der Waals surface area contributed by atoms with Crippen molar-refractivity contribution in [2.24, 2.45) is 5.92 Å². The summed E-state index contributed by atoms with van der Waals surface area (Å²) < 4.78 is 5.02. The predicted octanol–water partition coefficient (Wildman–Crippen LogP) is 3.09. The Labute approximate surface area is 122 Å². The van der Waals surface area contributed by atoms with Gasteiger partial charge in [-0.05, 0) is 25.5 Å². The van der Waals surface area contributed by atoms with Crippen molar-refractivity contribution in [2.75, 3.05) is 37.6 Å². The maximum Gasteiger partial charge on any atom is 0.178 e. The van der Waals surface area contributed by atoms with Crippen LogP contribution in [0.25, 0.3) is 0 Å². The van der Waals surface area contributed by atoms with Gasteiger partial charge in [0.25, 0.3) is 0 Å². The molecule has 19 heavy (non-hydrogen) atoms. The summed E-state index contributed by atoms with van der Waals surface area (Å²) >= 11 is 3.09. The third-order valence-electron chi connectivity index (χ3n) is 3.09. The molecule has 1 aliphatic carbocycles. The molecule has 1 aliphatic rings. The first-order valence-electron chi connectivity index (χ1n) is 6.42. The van der Waals surface area contributed by atoms with Crippen LogP contribution in [0.15, 0.2) is 4.90 Å². The van der Waals surface area contributed by atoms with Crippen molar-refractivity contribution in [1.29, 1.82) is 0 Å². The minimum absolute atomic E-state index is 0.219. The summed E-state index contributed by atoms with van der Waals surface area (Å²) in [6.07, 6.45) is 4.96. The van der Waals surface area contributed by atoms with Crippen LogP contribution in [-0.4, -0.2) is 32.3 Å². The summed E-state index contributed by atoms with van der Waals surface area (Å²) in [6.45, 7) is 1.56. The van der Waals surface area contributed by atoms with Crippen molar-refractivity contribution in [3.63, 3.8) is 0 Å². The van der Waals surface area contributed by atoms with E-state index in [1.54, 1.807) is 18.9 Å². The molecule has 0 bridgehead atoms. The fourth-order valence-corrected chi connectivity index (χ4v) is 3.96. The first-order valence-corrected chi connectivity index (χ1v) is 8.46. The molecule has 1 aromatic rings. The van der Waals surface area contributed by atoms with Crippen LogP contribution in [0.4, 0.5) is 10.7 Å². The predicted molar refractivity (Wildman–Crippen MR) is 82.5 cm³/mol. The van der Waals surface area contributed by atoms with E-state index in [2.05, 4.69) is 5.32 Å². The molecule has 0 radical (unpaired) electrons. The average molecular weight is 300 g/mol. The maximum atomic E-state index is 12.2. The molecule has 2 rings (SSSR count). The number of thiophene rings is 1. The Bertz CT molecular complexity index is 456. The van der Waals surface area contributed by atoms with Gasteiger partial charge in [0.15, 0.2) is 5.78 Å². The van der Waals surface area contributed by atoms with E-state index in [0.717, 1.165) is 47.2 Å². The van der Waals surface area contributed by atoms with Crippen molar-refractivity contribution in [3.05, 3.63) is 4.88 Å². The van der Waals surface area contributed by atoms with Gasteiger partial charge in [-0.25, -0.2) is 0 Å². The number of nitrogens with two attached hydrogens (primary N) is 1. The second-order valence-corrected chi connectivity index (χ2v) is 6.46. The molecule has 1 fully saturated rings. The normalized spacial score (nSPS) is 14.6. The van der Waals surface area contributed by atoms with Gasteiger partial charge in [0.05, 0.1) is 15.5 Å². The largest absolute Gasteiger partial charge is 0.396 e. The number of hydrogen-bond acceptors (Lipinski definition) is 6. The van der Waals surface area contributed by atoms with Gasteiger partial charge in [-0.2, -0.15) is 0 Å². The van der Waals surface area contributed by atoms with Crippen molar-refractivity contribution >= 4 is 39.6 Å². The van der Waals surface area contributed by atoms with E-state index in [1.165, 1.54) is 11.3 Å². The molecule has 0 spiro atoms. The lowest BCUT2D eigenvalue weighted by Gasteiger charge is -2.05. The number of thioether (sulfide) groups is 1. The van der Waals surface area contributed by atoms with Crippen LogP contribution in [0, 0.1) is 5.92 Å². The SMILES string of the molecule is COCCCNc1sc(C(=O)C2CC2)c(N)c1SC. The minimum Gasteiger partial charge on any atom is -0.396 e. The summed E-state index contributed by atoms with van der Waals surface area (Å²) in [5, 5.41) is 4.38. The van der Waals surface area contributed by atoms with Crippen LogP contribution in [0.5, 0.6) is 0 Å². The molecule has 0 saturated heterocycles. The van der Waals surface area contributed by atoms with Crippen LogP contribution in [0.1, 0.15) is 28.9 Å². The third kappa shape index (κ3) is 3.43. The molecule has 0 amide bonds. The third-order valence-corrected chi connectivity index (χ3v) is 5.23. The molecular formula is C13H20N2O2S2. The van der Waals surface area contributed by atoms with Gasteiger partial charge in [0.2, 0.25) is 0 Å². The lowest BCUT2D eigenvalue weighted by molar-refractivity contribution is 0.0972. The second kappa shape index (κ2) is 6.63. The van der Waals surface area contributed by atoms with Gasteiger partial charge in [0.1, 0.15) is 5.00 Å².